The monoisotopic (exact) mass is 179 g/mol. The van der Waals surface area contributed by atoms with Crippen LogP contribution in [-0.2, 0) is 16.0 Å². The third kappa shape index (κ3) is 2.78. The SMILES string of the molecule is C=C(Cc1cc[nH]c1)C(=O)OCC. The first kappa shape index (κ1) is 9.58. The van der Waals surface area contributed by atoms with E-state index in [0.29, 0.717) is 18.6 Å². The van der Waals surface area contributed by atoms with Gasteiger partial charge in [-0.1, -0.05) is 6.58 Å². The van der Waals surface area contributed by atoms with Crippen molar-refractivity contribution in [2.24, 2.45) is 0 Å². The summed E-state index contributed by atoms with van der Waals surface area (Å²) in [6, 6.07) is 1.91. The van der Waals surface area contributed by atoms with E-state index < -0.39 is 0 Å². The fraction of sp³-hybridized carbons (Fsp3) is 0.300. The molecular formula is C10H13NO2. The number of rotatable bonds is 4. The van der Waals surface area contributed by atoms with Crippen LogP contribution in [0.1, 0.15) is 12.5 Å². The Morgan fingerprint density at radius 2 is 2.46 bits per heavy atom. The molecular weight excluding hydrogens is 166 g/mol. The Balaban J connectivity index is 2.46. The van der Waals surface area contributed by atoms with Crippen LogP contribution < -0.4 is 0 Å². The Morgan fingerprint density at radius 1 is 1.69 bits per heavy atom. The zero-order chi connectivity index (χ0) is 9.68. The van der Waals surface area contributed by atoms with Crippen LogP contribution in [0.2, 0.25) is 0 Å². The van der Waals surface area contributed by atoms with Gasteiger partial charge in [-0.05, 0) is 18.6 Å². The van der Waals surface area contributed by atoms with Gasteiger partial charge < -0.3 is 9.72 Å². The molecule has 0 atom stereocenters. The van der Waals surface area contributed by atoms with E-state index in [-0.39, 0.29) is 5.97 Å². The number of esters is 1. The van der Waals surface area contributed by atoms with Crippen LogP contribution in [0.4, 0.5) is 0 Å². The van der Waals surface area contributed by atoms with Gasteiger partial charge in [0.1, 0.15) is 0 Å². The molecule has 1 rings (SSSR count). The third-order valence-electron chi connectivity index (χ3n) is 1.64. The molecule has 0 aliphatic carbocycles. The normalized spacial score (nSPS) is 9.62. The van der Waals surface area contributed by atoms with Crippen LogP contribution in [-0.4, -0.2) is 17.6 Å². The van der Waals surface area contributed by atoms with Crippen LogP contribution in [0.5, 0.6) is 0 Å². The van der Waals surface area contributed by atoms with Gasteiger partial charge in [-0.2, -0.15) is 0 Å². The van der Waals surface area contributed by atoms with E-state index in [4.69, 9.17) is 4.74 Å². The van der Waals surface area contributed by atoms with Gasteiger partial charge in [0.15, 0.2) is 0 Å². The number of aromatic amines is 1. The zero-order valence-corrected chi connectivity index (χ0v) is 7.67. The number of hydrogen-bond acceptors (Lipinski definition) is 2. The van der Waals surface area contributed by atoms with Crippen LogP contribution in [0, 0.1) is 0 Å². The highest BCUT2D eigenvalue weighted by atomic mass is 16.5. The quantitative estimate of drug-likeness (QED) is 0.564. The van der Waals surface area contributed by atoms with Crippen LogP contribution in [0.3, 0.4) is 0 Å². The Bertz CT molecular complexity index is 288. The number of nitrogens with one attached hydrogen (secondary N) is 1. The fourth-order valence-corrected chi connectivity index (χ4v) is 1.02. The lowest BCUT2D eigenvalue weighted by Crippen LogP contribution is -2.08. The summed E-state index contributed by atoms with van der Waals surface area (Å²) in [6.07, 6.45) is 4.19. The molecule has 0 aromatic carbocycles. The lowest BCUT2D eigenvalue weighted by Gasteiger charge is -2.02. The Labute approximate surface area is 77.4 Å². The average molecular weight is 179 g/mol. The van der Waals surface area contributed by atoms with Crippen molar-refractivity contribution in [3.63, 3.8) is 0 Å². The van der Waals surface area contributed by atoms with Crippen LogP contribution in [0.15, 0.2) is 30.6 Å². The van der Waals surface area contributed by atoms with Crippen LogP contribution >= 0.6 is 0 Å². The van der Waals surface area contributed by atoms with Crippen LogP contribution in [0.25, 0.3) is 0 Å². The maximum absolute atomic E-state index is 11.1. The molecule has 0 saturated heterocycles. The van der Waals surface area contributed by atoms with Crippen molar-refractivity contribution in [2.75, 3.05) is 6.61 Å². The molecule has 3 nitrogen and oxygen atoms in total. The topological polar surface area (TPSA) is 42.1 Å². The lowest BCUT2D eigenvalue weighted by atomic mass is 10.1. The molecule has 0 radical (unpaired) electrons. The molecule has 0 saturated carbocycles. The Kier molecular flexibility index (Phi) is 3.31. The molecule has 0 fully saturated rings. The molecule has 0 amide bonds. The van der Waals surface area contributed by atoms with Gasteiger partial charge in [-0.25, -0.2) is 4.79 Å². The minimum absolute atomic E-state index is 0.316. The minimum atomic E-state index is -0.316. The summed E-state index contributed by atoms with van der Waals surface area (Å²) < 4.78 is 4.80. The summed E-state index contributed by atoms with van der Waals surface area (Å²) in [5, 5.41) is 0. The van der Waals surface area contributed by atoms with Crippen molar-refractivity contribution in [3.8, 4) is 0 Å². The Hall–Kier alpha value is -1.51. The summed E-state index contributed by atoms with van der Waals surface area (Å²) in [5.74, 6) is -0.316. The summed E-state index contributed by atoms with van der Waals surface area (Å²) in [4.78, 5) is 14.1. The van der Waals surface area contributed by atoms with E-state index in [2.05, 4.69) is 11.6 Å². The molecule has 0 unspecified atom stereocenters. The minimum Gasteiger partial charge on any atom is -0.463 e. The third-order valence-corrected chi connectivity index (χ3v) is 1.64. The lowest BCUT2D eigenvalue weighted by molar-refractivity contribution is -0.138. The predicted octanol–water partition coefficient (Wildman–Crippen LogP) is 1.68. The molecule has 0 aliphatic heterocycles. The first-order valence-electron chi connectivity index (χ1n) is 4.20. The molecule has 0 aliphatic rings. The molecule has 1 heterocycles. The number of carbonyl (C=O) groups is 1. The second kappa shape index (κ2) is 4.50. The average Bonchev–Trinajstić information content (AvgIpc) is 2.57. The molecule has 1 aromatic heterocycles. The second-order valence-corrected chi connectivity index (χ2v) is 2.72. The van der Waals surface area contributed by atoms with Crippen molar-refractivity contribution in [2.45, 2.75) is 13.3 Å². The fourth-order valence-electron chi connectivity index (χ4n) is 1.02. The first-order chi connectivity index (χ1) is 6.24. The van der Waals surface area contributed by atoms with Gasteiger partial charge in [-0.15, -0.1) is 0 Å². The van der Waals surface area contributed by atoms with E-state index in [1.807, 2.05) is 18.5 Å². The van der Waals surface area contributed by atoms with E-state index >= 15 is 0 Å². The van der Waals surface area contributed by atoms with Gasteiger partial charge in [-0.3, -0.25) is 0 Å². The zero-order valence-electron chi connectivity index (χ0n) is 7.67. The standard InChI is InChI=1S/C10H13NO2/c1-3-13-10(12)8(2)6-9-4-5-11-7-9/h4-5,7,11H,2-3,6H2,1H3. The number of ether oxygens (including phenoxy) is 1. The van der Waals surface area contributed by atoms with E-state index in [1.54, 1.807) is 6.92 Å². The molecule has 0 spiro atoms. The maximum Gasteiger partial charge on any atom is 0.333 e. The molecule has 1 aromatic rings. The van der Waals surface area contributed by atoms with E-state index in [9.17, 15) is 4.79 Å². The van der Waals surface area contributed by atoms with Crippen molar-refractivity contribution >= 4 is 5.97 Å². The second-order valence-electron chi connectivity index (χ2n) is 2.72. The summed E-state index contributed by atoms with van der Waals surface area (Å²) in [5.41, 5.74) is 1.53. The van der Waals surface area contributed by atoms with E-state index in [1.165, 1.54) is 0 Å². The van der Waals surface area contributed by atoms with Gasteiger partial charge >= 0.3 is 5.97 Å². The summed E-state index contributed by atoms with van der Waals surface area (Å²) >= 11 is 0. The number of H-pyrrole nitrogens is 1. The van der Waals surface area contributed by atoms with E-state index in [0.717, 1.165) is 5.56 Å². The predicted molar refractivity (Wildman–Crippen MR) is 50.3 cm³/mol. The molecule has 0 bridgehead atoms. The summed E-state index contributed by atoms with van der Waals surface area (Å²) in [6.45, 7) is 5.83. The smallest absolute Gasteiger partial charge is 0.333 e. The molecule has 1 N–H and O–H groups in total. The largest absolute Gasteiger partial charge is 0.463 e. The van der Waals surface area contributed by atoms with Crippen molar-refractivity contribution in [3.05, 3.63) is 36.2 Å². The van der Waals surface area contributed by atoms with Gasteiger partial charge in [0.05, 0.1) is 6.61 Å². The highest BCUT2D eigenvalue weighted by Crippen LogP contribution is 2.06. The molecule has 70 valence electrons. The number of hydrogen-bond donors (Lipinski definition) is 1. The van der Waals surface area contributed by atoms with Crippen molar-refractivity contribution < 1.29 is 9.53 Å². The highest BCUT2D eigenvalue weighted by molar-refractivity contribution is 5.88. The first-order valence-corrected chi connectivity index (χ1v) is 4.20. The maximum atomic E-state index is 11.1. The number of carbonyl (C=O) groups excluding carboxylic acids is 1. The summed E-state index contributed by atoms with van der Waals surface area (Å²) in [7, 11) is 0. The molecule has 13 heavy (non-hydrogen) atoms. The number of aromatic nitrogens is 1. The van der Waals surface area contributed by atoms with Gasteiger partial charge in [0, 0.05) is 24.4 Å². The molecule has 3 heteroatoms. The highest BCUT2D eigenvalue weighted by Gasteiger charge is 2.07. The van der Waals surface area contributed by atoms with Gasteiger partial charge in [0.25, 0.3) is 0 Å². The van der Waals surface area contributed by atoms with Crippen molar-refractivity contribution in [1.29, 1.82) is 0 Å². The van der Waals surface area contributed by atoms with Crippen molar-refractivity contribution in [1.82, 2.24) is 4.98 Å². The van der Waals surface area contributed by atoms with Gasteiger partial charge in [0.2, 0.25) is 0 Å². The Morgan fingerprint density at radius 3 is 3.00 bits per heavy atom.